The van der Waals surface area contributed by atoms with E-state index in [1.807, 2.05) is 6.92 Å². The second-order valence-electron chi connectivity index (χ2n) is 4.44. The van der Waals surface area contributed by atoms with E-state index in [0.29, 0.717) is 32.8 Å². The fourth-order valence-electron chi connectivity index (χ4n) is 1.91. The lowest BCUT2D eigenvalue weighted by molar-refractivity contribution is -0.137. The molecular weight excluding hydrogens is 234 g/mol. The van der Waals surface area contributed by atoms with Crippen molar-refractivity contribution in [1.82, 2.24) is 15.5 Å². The molecule has 0 aliphatic carbocycles. The van der Waals surface area contributed by atoms with Crippen molar-refractivity contribution in [1.29, 1.82) is 0 Å². The predicted octanol–water partition coefficient (Wildman–Crippen LogP) is -0.652. The summed E-state index contributed by atoms with van der Waals surface area (Å²) in [6.45, 7) is 8.43. The van der Waals surface area contributed by atoms with Crippen LogP contribution in [0.5, 0.6) is 0 Å². The average molecular weight is 257 g/mol. The van der Waals surface area contributed by atoms with Gasteiger partial charge in [-0.25, -0.2) is 0 Å². The lowest BCUT2D eigenvalue weighted by Crippen LogP contribution is -2.53. The number of hydrogen-bond donors (Lipinski definition) is 2. The SMILES string of the molecule is CCNC(=O)C(C)NC(C)C(=O)N1CCOCC1. The summed E-state index contributed by atoms with van der Waals surface area (Å²) in [7, 11) is 0. The van der Waals surface area contributed by atoms with Gasteiger partial charge in [0.15, 0.2) is 0 Å². The van der Waals surface area contributed by atoms with E-state index in [0.717, 1.165) is 0 Å². The van der Waals surface area contributed by atoms with Gasteiger partial charge in [0.05, 0.1) is 25.3 Å². The van der Waals surface area contributed by atoms with E-state index in [9.17, 15) is 9.59 Å². The zero-order chi connectivity index (χ0) is 13.5. The summed E-state index contributed by atoms with van der Waals surface area (Å²) in [4.78, 5) is 25.4. The van der Waals surface area contributed by atoms with Gasteiger partial charge in [0.1, 0.15) is 0 Å². The molecule has 1 fully saturated rings. The predicted molar refractivity (Wildman–Crippen MR) is 68.1 cm³/mol. The molecule has 0 aromatic carbocycles. The second kappa shape index (κ2) is 7.33. The summed E-state index contributed by atoms with van der Waals surface area (Å²) in [5.41, 5.74) is 0. The normalized spacial score (nSPS) is 19.2. The lowest BCUT2D eigenvalue weighted by atomic mass is 10.2. The number of nitrogens with one attached hydrogen (secondary N) is 2. The Morgan fingerprint density at radius 2 is 1.83 bits per heavy atom. The van der Waals surface area contributed by atoms with E-state index in [2.05, 4.69) is 10.6 Å². The number of carbonyl (C=O) groups is 2. The minimum atomic E-state index is -0.370. The Bertz CT molecular complexity index is 290. The average Bonchev–Trinajstić information content (AvgIpc) is 2.39. The molecule has 6 heteroatoms. The van der Waals surface area contributed by atoms with Crippen molar-refractivity contribution < 1.29 is 14.3 Å². The van der Waals surface area contributed by atoms with Crippen molar-refractivity contribution in [2.45, 2.75) is 32.9 Å². The van der Waals surface area contributed by atoms with Crippen molar-refractivity contribution in [2.75, 3.05) is 32.8 Å². The summed E-state index contributed by atoms with van der Waals surface area (Å²) in [5.74, 6) is -0.0615. The van der Waals surface area contributed by atoms with Crippen LogP contribution in [0, 0.1) is 0 Å². The number of morpholine rings is 1. The molecule has 1 rings (SSSR count). The molecule has 1 heterocycles. The molecule has 0 spiro atoms. The van der Waals surface area contributed by atoms with E-state index < -0.39 is 0 Å². The Kier molecular flexibility index (Phi) is 6.07. The quantitative estimate of drug-likeness (QED) is 0.686. The first-order chi connectivity index (χ1) is 8.56. The van der Waals surface area contributed by atoms with Crippen molar-refractivity contribution >= 4 is 11.8 Å². The summed E-state index contributed by atoms with van der Waals surface area (Å²) < 4.78 is 5.20. The minimum absolute atomic E-state index is 0.0226. The van der Waals surface area contributed by atoms with Crippen LogP contribution in [0.4, 0.5) is 0 Å². The van der Waals surface area contributed by atoms with Gasteiger partial charge in [0.25, 0.3) is 0 Å². The summed E-state index contributed by atoms with van der Waals surface area (Å²) >= 11 is 0. The van der Waals surface area contributed by atoms with Gasteiger partial charge in [0.2, 0.25) is 11.8 Å². The highest BCUT2D eigenvalue weighted by atomic mass is 16.5. The number of ether oxygens (including phenoxy) is 1. The first-order valence-electron chi connectivity index (χ1n) is 6.46. The second-order valence-corrected chi connectivity index (χ2v) is 4.44. The van der Waals surface area contributed by atoms with Gasteiger partial charge in [-0.1, -0.05) is 0 Å². The number of likely N-dealkylation sites (N-methyl/N-ethyl adjacent to an activating group) is 1. The van der Waals surface area contributed by atoms with Crippen LogP contribution in [0.3, 0.4) is 0 Å². The standard InChI is InChI=1S/C12H23N3O3/c1-4-13-11(16)9(2)14-10(3)12(17)15-5-7-18-8-6-15/h9-10,14H,4-8H2,1-3H3,(H,13,16). The number of rotatable bonds is 5. The van der Waals surface area contributed by atoms with Gasteiger partial charge in [-0.05, 0) is 20.8 Å². The monoisotopic (exact) mass is 257 g/mol. The maximum Gasteiger partial charge on any atom is 0.239 e. The Morgan fingerprint density at radius 3 is 2.39 bits per heavy atom. The lowest BCUT2D eigenvalue weighted by Gasteiger charge is -2.30. The Hall–Kier alpha value is -1.14. The largest absolute Gasteiger partial charge is 0.378 e. The smallest absolute Gasteiger partial charge is 0.239 e. The van der Waals surface area contributed by atoms with Gasteiger partial charge in [-0.3, -0.25) is 14.9 Å². The van der Waals surface area contributed by atoms with E-state index >= 15 is 0 Å². The molecule has 2 amide bonds. The fourth-order valence-corrected chi connectivity index (χ4v) is 1.91. The van der Waals surface area contributed by atoms with Crippen LogP contribution < -0.4 is 10.6 Å². The molecule has 2 atom stereocenters. The van der Waals surface area contributed by atoms with Gasteiger partial charge in [-0.2, -0.15) is 0 Å². The molecule has 1 aliphatic rings. The highest BCUT2D eigenvalue weighted by Gasteiger charge is 2.24. The molecule has 0 aromatic rings. The van der Waals surface area contributed by atoms with Crippen LogP contribution in [-0.4, -0.2) is 61.6 Å². The summed E-state index contributed by atoms with van der Waals surface area (Å²) in [6, 6.07) is -0.731. The van der Waals surface area contributed by atoms with Gasteiger partial charge in [0, 0.05) is 19.6 Å². The fraction of sp³-hybridized carbons (Fsp3) is 0.833. The van der Waals surface area contributed by atoms with Crippen LogP contribution in [0.2, 0.25) is 0 Å². The first-order valence-corrected chi connectivity index (χ1v) is 6.46. The third kappa shape index (κ3) is 4.27. The Morgan fingerprint density at radius 1 is 1.22 bits per heavy atom. The van der Waals surface area contributed by atoms with Gasteiger partial charge in [-0.15, -0.1) is 0 Å². The summed E-state index contributed by atoms with van der Waals surface area (Å²) in [5, 5.41) is 5.74. The van der Waals surface area contributed by atoms with Crippen LogP contribution in [0.25, 0.3) is 0 Å². The van der Waals surface area contributed by atoms with E-state index in [1.165, 1.54) is 0 Å². The molecule has 0 aromatic heterocycles. The van der Waals surface area contributed by atoms with Crippen LogP contribution in [0.1, 0.15) is 20.8 Å². The number of nitrogens with zero attached hydrogens (tertiary/aromatic N) is 1. The number of carbonyl (C=O) groups excluding carboxylic acids is 2. The third-order valence-electron chi connectivity index (χ3n) is 2.94. The van der Waals surface area contributed by atoms with E-state index in [-0.39, 0.29) is 23.9 Å². The van der Waals surface area contributed by atoms with Crippen LogP contribution in [0.15, 0.2) is 0 Å². The maximum absolute atomic E-state index is 12.1. The van der Waals surface area contributed by atoms with Gasteiger partial charge >= 0.3 is 0 Å². The zero-order valence-electron chi connectivity index (χ0n) is 11.4. The molecule has 0 radical (unpaired) electrons. The molecular formula is C12H23N3O3. The molecule has 1 saturated heterocycles. The topological polar surface area (TPSA) is 70.7 Å². The van der Waals surface area contributed by atoms with Crippen LogP contribution in [-0.2, 0) is 14.3 Å². The zero-order valence-corrected chi connectivity index (χ0v) is 11.4. The molecule has 18 heavy (non-hydrogen) atoms. The van der Waals surface area contributed by atoms with Crippen molar-refractivity contribution in [3.05, 3.63) is 0 Å². The molecule has 6 nitrogen and oxygen atoms in total. The van der Waals surface area contributed by atoms with Crippen molar-refractivity contribution in [3.8, 4) is 0 Å². The van der Waals surface area contributed by atoms with E-state index in [1.54, 1.807) is 18.7 Å². The summed E-state index contributed by atoms with van der Waals surface area (Å²) in [6.07, 6.45) is 0. The minimum Gasteiger partial charge on any atom is -0.378 e. The molecule has 2 N–H and O–H groups in total. The molecule has 104 valence electrons. The Balaban J connectivity index is 2.40. The number of hydrogen-bond acceptors (Lipinski definition) is 4. The first kappa shape index (κ1) is 14.9. The molecule has 2 unspecified atom stereocenters. The molecule has 0 bridgehead atoms. The van der Waals surface area contributed by atoms with Crippen molar-refractivity contribution in [3.63, 3.8) is 0 Å². The van der Waals surface area contributed by atoms with Crippen LogP contribution >= 0.6 is 0 Å². The third-order valence-corrected chi connectivity index (χ3v) is 2.94. The molecule has 1 aliphatic heterocycles. The van der Waals surface area contributed by atoms with Crippen molar-refractivity contribution in [2.24, 2.45) is 0 Å². The molecule has 0 saturated carbocycles. The van der Waals surface area contributed by atoms with E-state index in [4.69, 9.17) is 4.74 Å². The van der Waals surface area contributed by atoms with Gasteiger partial charge < -0.3 is 15.0 Å². The maximum atomic E-state index is 12.1. The highest BCUT2D eigenvalue weighted by Crippen LogP contribution is 2.01. The highest BCUT2D eigenvalue weighted by molar-refractivity contribution is 5.84. The Labute approximate surface area is 108 Å². The number of amides is 2.